The van der Waals surface area contributed by atoms with Crippen molar-refractivity contribution in [3.8, 4) is 33.6 Å². The van der Waals surface area contributed by atoms with Gasteiger partial charge in [0.25, 0.3) is 0 Å². The fourth-order valence-corrected chi connectivity index (χ4v) is 9.38. The largest absolute Gasteiger partial charge is 0.391 e. The minimum atomic E-state index is -1.13. The molecule has 6 aromatic rings. The third-order valence-corrected chi connectivity index (χ3v) is 12.7. The van der Waals surface area contributed by atoms with Crippen LogP contribution in [0.2, 0.25) is 0 Å². The van der Waals surface area contributed by atoms with Gasteiger partial charge in [-0.25, -0.2) is 14.4 Å². The van der Waals surface area contributed by atoms with Gasteiger partial charge in [-0.2, -0.15) is 0 Å². The van der Waals surface area contributed by atoms with E-state index in [1.54, 1.807) is 22.2 Å². The predicted octanol–water partition coefficient (Wildman–Crippen LogP) is 8.55. The van der Waals surface area contributed by atoms with E-state index in [0.717, 1.165) is 57.9 Å². The Labute approximate surface area is 363 Å². The van der Waals surface area contributed by atoms with Gasteiger partial charge in [0.05, 0.1) is 48.5 Å². The van der Waals surface area contributed by atoms with Crippen molar-refractivity contribution in [2.24, 2.45) is 0 Å². The van der Waals surface area contributed by atoms with Gasteiger partial charge >= 0.3 is 0 Å². The van der Waals surface area contributed by atoms with Crippen LogP contribution in [-0.2, 0) is 9.59 Å². The lowest BCUT2D eigenvalue weighted by Crippen LogP contribution is -2.43. The number of H-pyrrole nitrogens is 2. The number of amides is 2. The molecule has 0 spiro atoms. The average Bonchev–Trinajstić information content (AvgIpc) is 4.15. The minimum absolute atomic E-state index is 0.0340. The molecular weight excluding hydrogens is 780 g/mol. The van der Waals surface area contributed by atoms with Gasteiger partial charge in [-0.1, -0.05) is 137 Å². The molecule has 6 atom stereocenters. The van der Waals surface area contributed by atoms with Crippen LogP contribution in [0.25, 0.3) is 33.6 Å². The quantitative estimate of drug-likeness (QED) is 0.0948. The van der Waals surface area contributed by atoms with E-state index in [-0.39, 0.29) is 37.4 Å². The second-order valence-electron chi connectivity index (χ2n) is 16.3. The molecule has 3 N–H and O–H groups in total. The molecule has 11 nitrogen and oxygen atoms in total. The molecule has 2 aromatic heterocycles. The molecule has 0 saturated carbocycles. The Bertz CT molecular complexity index is 2230. The zero-order chi connectivity index (χ0) is 43.3. The number of aromatic nitrogens is 4. The van der Waals surface area contributed by atoms with Crippen LogP contribution in [0.3, 0.4) is 0 Å². The number of rotatable bonds is 15. The molecule has 12 heteroatoms. The summed E-state index contributed by atoms with van der Waals surface area (Å²) in [5.41, 5.74) is 7.44. The van der Waals surface area contributed by atoms with Crippen molar-refractivity contribution in [3.63, 3.8) is 0 Å². The maximum atomic E-state index is 15.1. The summed E-state index contributed by atoms with van der Waals surface area (Å²) < 4.78 is 15.1. The zero-order valence-electron chi connectivity index (χ0n) is 36.0. The number of imidazole rings is 2. The number of hydrogen-bond donors (Lipinski definition) is 3. The Morgan fingerprint density at radius 2 is 1.00 bits per heavy atom. The molecule has 62 heavy (non-hydrogen) atoms. The van der Waals surface area contributed by atoms with Crippen LogP contribution in [0.5, 0.6) is 0 Å². The first-order valence-electron chi connectivity index (χ1n) is 22.0. The Hall–Kier alpha value is -5.95. The highest BCUT2D eigenvalue weighted by Crippen LogP contribution is 2.38. The van der Waals surface area contributed by atoms with Gasteiger partial charge in [-0.15, -0.1) is 0 Å². The standard InChI is InChI=1S/C50H57FN8O3/c1-5-56(6-2)45(37-15-11-9-12-16-37)49(61)58-31-39(51)27-43(58)47-52-29-41(54-47)35-23-19-33(20-24-35)34-21-25-36(26-22-34)42-30-53-48(55-42)44-28-40(60)32-59(44)50(62)46(57(7-3)8-4)38-17-13-10-14-18-38/h9-26,29-30,39-40,43-46,60H,5-8,27-28,31-32H2,1-4H3,(H,52,54)(H,53,55)/t39-,40-,43+,44+,45?,46-/m1/s1. The fraction of sp³-hybridized carbons (Fsp3) is 0.360. The van der Waals surface area contributed by atoms with Crippen LogP contribution in [-0.4, -0.2) is 108 Å². The molecule has 8 rings (SSSR count). The van der Waals surface area contributed by atoms with Crippen LogP contribution in [0.1, 0.15) is 87.5 Å². The first-order chi connectivity index (χ1) is 30.2. The number of aliphatic hydroxyl groups excluding tert-OH is 1. The molecule has 322 valence electrons. The SMILES string of the molecule is CCN(CC)C(C(=O)N1C[C@H](F)C[C@H]1c1ncc(-c2ccc(-c3ccc(-c4cnc([C@@H]5C[C@@H](O)CN5C(=O)[C@@H](c5ccccc5)N(CC)CC)[nH]4)cc3)cc2)[nH]1)c1ccccc1. The lowest BCUT2D eigenvalue weighted by Gasteiger charge is -2.34. The van der Waals surface area contributed by atoms with Crippen LogP contribution in [0.15, 0.2) is 122 Å². The third kappa shape index (κ3) is 8.72. The molecule has 0 aliphatic carbocycles. The van der Waals surface area contributed by atoms with E-state index in [4.69, 9.17) is 4.98 Å². The Balaban J connectivity index is 0.952. The average molecular weight is 837 g/mol. The number of nitrogens with one attached hydrogen (secondary N) is 2. The summed E-state index contributed by atoms with van der Waals surface area (Å²) in [6.07, 6.45) is 2.40. The van der Waals surface area contributed by atoms with Crippen molar-refractivity contribution in [1.29, 1.82) is 0 Å². The van der Waals surface area contributed by atoms with E-state index in [2.05, 4.69) is 75.0 Å². The summed E-state index contributed by atoms with van der Waals surface area (Å²) in [7, 11) is 0. The summed E-state index contributed by atoms with van der Waals surface area (Å²) in [5, 5.41) is 10.8. The number of likely N-dealkylation sites (tertiary alicyclic amines) is 2. The minimum Gasteiger partial charge on any atom is -0.391 e. The Morgan fingerprint density at radius 3 is 1.42 bits per heavy atom. The van der Waals surface area contributed by atoms with Gasteiger partial charge in [-0.3, -0.25) is 19.4 Å². The number of hydrogen-bond acceptors (Lipinski definition) is 7. The Kier molecular flexibility index (Phi) is 13.1. The van der Waals surface area contributed by atoms with Crippen LogP contribution in [0, 0.1) is 0 Å². The van der Waals surface area contributed by atoms with E-state index in [0.29, 0.717) is 31.2 Å². The van der Waals surface area contributed by atoms with Crippen molar-refractivity contribution in [2.45, 2.75) is 77.0 Å². The summed E-state index contributed by atoms with van der Waals surface area (Å²) >= 11 is 0. The van der Waals surface area contributed by atoms with Crippen LogP contribution >= 0.6 is 0 Å². The summed E-state index contributed by atoms with van der Waals surface area (Å²) in [6.45, 7) is 11.3. The number of carbonyl (C=O) groups excluding carboxylic acids is 2. The van der Waals surface area contributed by atoms with Gasteiger partial charge in [0, 0.05) is 19.4 Å². The number of nitrogens with zero attached hydrogens (tertiary/aromatic N) is 6. The number of aromatic amines is 2. The molecule has 2 fully saturated rings. The number of halogens is 1. The zero-order valence-corrected chi connectivity index (χ0v) is 36.0. The van der Waals surface area contributed by atoms with E-state index in [1.807, 2.05) is 86.6 Å². The maximum absolute atomic E-state index is 15.1. The molecule has 0 bridgehead atoms. The number of carbonyl (C=O) groups is 2. The fourth-order valence-electron chi connectivity index (χ4n) is 9.38. The number of alkyl halides is 1. The summed E-state index contributed by atoms with van der Waals surface area (Å²) in [4.78, 5) is 52.6. The van der Waals surface area contributed by atoms with E-state index < -0.39 is 30.4 Å². The highest BCUT2D eigenvalue weighted by Gasteiger charge is 2.43. The van der Waals surface area contributed by atoms with Gasteiger partial charge in [-0.05, 0) is 59.6 Å². The lowest BCUT2D eigenvalue weighted by atomic mass is 10.0. The third-order valence-electron chi connectivity index (χ3n) is 12.7. The lowest BCUT2D eigenvalue weighted by molar-refractivity contribution is -0.139. The number of likely N-dealkylation sites (N-methyl/N-ethyl adjacent to an activating group) is 2. The van der Waals surface area contributed by atoms with Crippen molar-refractivity contribution < 1.29 is 19.1 Å². The molecular formula is C50H57FN8O3. The second kappa shape index (κ2) is 19.0. The maximum Gasteiger partial charge on any atom is 0.245 e. The molecule has 2 aliphatic rings. The normalized spacial score (nSPS) is 20.0. The molecule has 0 radical (unpaired) electrons. The molecule has 2 amide bonds. The van der Waals surface area contributed by atoms with Crippen molar-refractivity contribution >= 4 is 11.8 Å². The number of benzene rings is 4. The first-order valence-corrected chi connectivity index (χ1v) is 22.0. The van der Waals surface area contributed by atoms with E-state index in [9.17, 15) is 14.7 Å². The number of aliphatic hydroxyl groups is 1. The smallest absolute Gasteiger partial charge is 0.245 e. The monoisotopic (exact) mass is 836 g/mol. The van der Waals surface area contributed by atoms with Gasteiger partial charge in [0.1, 0.15) is 29.9 Å². The van der Waals surface area contributed by atoms with Crippen molar-refractivity contribution in [2.75, 3.05) is 39.3 Å². The highest BCUT2D eigenvalue weighted by molar-refractivity contribution is 5.85. The van der Waals surface area contributed by atoms with Crippen molar-refractivity contribution in [3.05, 3.63) is 144 Å². The van der Waals surface area contributed by atoms with Crippen molar-refractivity contribution in [1.82, 2.24) is 39.5 Å². The molecule has 2 aliphatic heterocycles. The molecule has 1 unspecified atom stereocenters. The number of β-amino-alcohol motifs (C(OH)–C–C–N with tert-alkyl or cyclic N) is 1. The van der Waals surface area contributed by atoms with Gasteiger partial charge in [0.2, 0.25) is 11.8 Å². The van der Waals surface area contributed by atoms with Crippen LogP contribution in [0.4, 0.5) is 4.39 Å². The van der Waals surface area contributed by atoms with Gasteiger partial charge in [0.15, 0.2) is 0 Å². The van der Waals surface area contributed by atoms with Gasteiger partial charge < -0.3 is 24.9 Å². The molecule has 4 aromatic carbocycles. The van der Waals surface area contributed by atoms with Crippen LogP contribution < -0.4 is 0 Å². The van der Waals surface area contributed by atoms with E-state index >= 15 is 4.39 Å². The first kappa shape index (κ1) is 42.7. The predicted molar refractivity (Wildman–Crippen MR) is 240 cm³/mol. The molecule has 2 saturated heterocycles. The highest BCUT2D eigenvalue weighted by atomic mass is 19.1. The summed E-state index contributed by atoms with van der Waals surface area (Å²) in [5.74, 6) is 1.10. The van der Waals surface area contributed by atoms with E-state index in [1.165, 1.54) is 0 Å². The topological polar surface area (TPSA) is 125 Å². The second-order valence-corrected chi connectivity index (χ2v) is 16.3. The Morgan fingerprint density at radius 1 is 0.613 bits per heavy atom. The molecule has 4 heterocycles. The summed E-state index contributed by atoms with van der Waals surface area (Å²) in [6, 6.07) is 34.2.